The monoisotopic (exact) mass is 558 g/mol. The van der Waals surface area contributed by atoms with E-state index in [-0.39, 0.29) is 37.9 Å². The number of hydrogen-bond donors (Lipinski definition) is 0. The van der Waals surface area contributed by atoms with Crippen LogP contribution in [0.25, 0.3) is 0 Å². The van der Waals surface area contributed by atoms with Crippen molar-refractivity contribution in [2.75, 3.05) is 35.5 Å². The summed E-state index contributed by atoms with van der Waals surface area (Å²) in [4.78, 5) is 0.254. The van der Waals surface area contributed by atoms with Gasteiger partial charge in [-0.1, -0.05) is 0 Å². The Kier molecular flexibility index (Phi) is 10.3. The maximum absolute atomic E-state index is 5.90. The molecule has 0 aromatic heterocycles. The Morgan fingerprint density at radius 1 is 0.639 bits per heavy atom. The minimum atomic E-state index is -0.0154. The van der Waals surface area contributed by atoms with E-state index in [1.807, 2.05) is 18.2 Å². The third-order valence-corrected chi connectivity index (χ3v) is 9.49. The van der Waals surface area contributed by atoms with E-state index < -0.39 is 0 Å². The van der Waals surface area contributed by atoms with Gasteiger partial charge in [-0.3, -0.25) is 0 Å². The third kappa shape index (κ3) is 6.07. The Balaban J connectivity index is 2.20. The molecule has 0 aliphatic heterocycles. The van der Waals surface area contributed by atoms with Gasteiger partial charge in [-0.15, -0.1) is 0 Å². The molecule has 0 aliphatic rings. The second-order valence-corrected chi connectivity index (χ2v) is 11.6. The van der Waals surface area contributed by atoms with Crippen molar-refractivity contribution in [1.82, 2.24) is 0 Å². The van der Waals surface area contributed by atoms with Gasteiger partial charge in [0.2, 0.25) is 0 Å². The van der Waals surface area contributed by atoms with Gasteiger partial charge in [0, 0.05) is 0 Å². The third-order valence-electron chi connectivity index (χ3n) is 6.65. The minimum absolute atomic E-state index is 0.0154. The second kappa shape index (κ2) is 13.2. The zero-order valence-electron chi connectivity index (χ0n) is 22.5. The first-order valence-electron chi connectivity index (χ1n) is 12.1. The van der Waals surface area contributed by atoms with Crippen molar-refractivity contribution in [3.05, 3.63) is 82.9 Å². The number of hydrogen-bond acceptors (Lipinski definition) is 5. The van der Waals surface area contributed by atoms with E-state index in [1.165, 1.54) is 21.2 Å². The molecule has 194 valence electrons. The molecule has 0 amide bonds. The fraction of sp³-hybridized carbons (Fsp3) is 0.400. The van der Waals surface area contributed by atoms with Crippen molar-refractivity contribution in [3.63, 3.8) is 0 Å². The molecule has 0 fully saturated rings. The zero-order chi connectivity index (χ0) is 26.2. The predicted octanol–water partition coefficient (Wildman–Crippen LogP) is 6.10. The van der Waals surface area contributed by atoms with Gasteiger partial charge in [0.15, 0.2) is 0 Å². The Hall–Kier alpha value is -2.50. The first kappa shape index (κ1) is 28.1. The molecule has 3 aromatic carbocycles. The van der Waals surface area contributed by atoms with E-state index in [9.17, 15) is 0 Å². The van der Waals surface area contributed by atoms with Crippen LogP contribution in [0.15, 0.2) is 60.7 Å². The van der Waals surface area contributed by atoms with Crippen LogP contribution in [-0.2, 0) is 9.47 Å². The SMILES string of the molecule is COc1cc(OC)c([C@@H](c2ccccc2)[C@@H](C)[Se]c2c([C@@H](C)OC)cccc2[C@@H](C)OC)c(OC)c1. The fourth-order valence-corrected chi connectivity index (χ4v) is 7.76. The maximum atomic E-state index is 5.90. The summed E-state index contributed by atoms with van der Waals surface area (Å²) >= 11 is 0.0714. The van der Waals surface area contributed by atoms with Crippen molar-refractivity contribution in [1.29, 1.82) is 0 Å². The van der Waals surface area contributed by atoms with Gasteiger partial charge in [-0.05, 0) is 0 Å². The van der Waals surface area contributed by atoms with Crippen LogP contribution in [0.3, 0.4) is 0 Å². The van der Waals surface area contributed by atoms with Crippen molar-refractivity contribution >= 4 is 19.4 Å². The Labute approximate surface area is 222 Å². The van der Waals surface area contributed by atoms with Crippen molar-refractivity contribution in [3.8, 4) is 17.2 Å². The molecule has 36 heavy (non-hydrogen) atoms. The summed E-state index contributed by atoms with van der Waals surface area (Å²) in [5, 5.41) is 0. The standard InChI is InChI=1S/C30H38O5Se/c1-19(31-4)24-15-12-16-25(20(2)32-5)30(24)36-21(3)28(22-13-10-9-11-14-22)29-26(34-7)17-23(33-6)18-27(29)35-8/h9-21,28H,1-8H3/t19-,20-,21-,28-/m1/s1. The fourth-order valence-electron chi connectivity index (χ4n) is 4.53. The van der Waals surface area contributed by atoms with Gasteiger partial charge in [-0.2, -0.15) is 0 Å². The van der Waals surface area contributed by atoms with E-state index >= 15 is 0 Å². The molecule has 6 heteroatoms. The Bertz CT molecular complexity index is 1060. The predicted molar refractivity (Wildman–Crippen MR) is 146 cm³/mol. The van der Waals surface area contributed by atoms with Crippen LogP contribution in [0.2, 0.25) is 4.82 Å². The molecule has 0 saturated carbocycles. The second-order valence-electron chi connectivity index (χ2n) is 8.68. The van der Waals surface area contributed by atoms with Crippen LogP contribution >= 0.6 is 0 Å². The molecule has 0 radical (unpaired) electrons. The van der Waals surface area contributed by atoms with Crippen molar-refractivity contribution < 1.29 is 23.7 Å². The molecule has 0 heterocycles. The van der Waals surface area contributed by atoms with Crippen LogP contribution in [-0.4, -0.2) is 50.5 Å². The molecule has 4 atom stereocenters. The topological polar surface area (TPSA) is 46.2 Å². The molecule has 0 saturated heterocycles. The molecule has 3 aromatic rings. The average molecular weight is 558 g/mol. The summed E-state index contributed by atoms with van der Waals surface area (Å²) in [7, 11) is 8.57. The van der Waals surface area contributed by atoms with E-state index in [0.717, 1.165) is 17.1 Å². The number of rotatable bonds is 12. The molecule has 0 aliphatic carbocycles. The molecule has 0 bridgehead atoms. The normalized spacial score (nSPS) is 14.6. The van der Waals surface area contributed by atoms with Gasteiger partial charge in [0.05, 0.1) is 0 Å². The van der Waals surface area contributed by atoms with Crippen LogP contribution in [0.5, 0.6) is 17.2 Å². The van der Waals surface area contributed by atoms with Gasteiger partial charge >= 0.3 is 223 Å². The van der Waals surface area contributed by atoms with Crippen molar-refractivity contribution in [2.24, 2.45) is 0 Å². The average Bonchev–Trinajstić information content (AvgIpc) is 2.92. The van der Waals surface area contributed by atoms with Gasteiger partial charge < -0.3 is 0 Å². The first-order valence-corrected chi connectivity index (χ1v) is 13.9. The molecule has 0 N–H and O–H groups in total. The molecule has 0 unspecified atom stereocenters. The molecular formula is C30H38O5Se. The summed E-state index contributed by atoms with van der Waals surface area (Å²) in [6, 6.07) is 20.9. The van der Waals surface area contributed by atoms with Crippen molar-refractivity contribution in [2.45, 2.75) is 43.7 Å². The number of methoxy groups -OCH3 is 5. The van der Waals surface area contributed by atoms with Crippen LogP contribution in [0.4, 0.5) is 0 Å². The van der Waals surface area contributed by atoms with Gasteiger partial charge in [-0.25, -0.2) is 0 Å². The summed E-state index contributed by atoms with van der Waals surface area (Å²) in [5.41, 5.74) is 4.67. The van der Waals surface area contributed by atoms with E-state index in [4.69, 9.17) is 23.7 Å². The van der Waals surface area contributed by atoms with Crippen LogP contribution < -0.4 is 18.7 Å². The quantitative estimate of drug-likeness (QED) is 0.252. The van der Waals surface area contributed by atoms with Gasteiger partial charge in [0.1, 0.15) is 0 Å². The molecule has 0 spiro atoms. The first-order chi connectivity index (χ1) is 17.4. The van der Waals surface area contributed by atoms with E-state index in [0.29, 0.717) is 5.75 Å². The Morgan fingerprint density at radius 2 is 1.17 bits per heavy atom. The summed E-state index contributed by atoms with van der Waals surface area (Å²) in [5.74, 6) is 2.25. The van der Waals surface area contributed by atoms with E-state index in [2.05, 4.69) is 63.2 Å². The van der Waals surface area contributed by atoms with Gasteiger partial charge in [0.25, 0.3) is 0 Å². The summed E-state index contributed by atoms with van der Waals surface area (Å²) in [6.07, 6.45) is -0.0309. The summed E-state index contributed by atoms with van der Waals surface area (Å²) < 4.78 is 30.2. The zero-order valence-corrected chi connectivity index (χ0v) is 24.2. The Morgan fingerprint density at radius 3 is 1.61 bits per heavy atom. The molecule has 5 nitrogen and oxygen atoms in total. The summed E-state index contributed by atoms with van der Waals surface area (Å²) in [6.45, 7) is 6.52. The number of ether oxygens (including phenoxy) is 5. The molecule has 3 rings (SSSR count). The number of benzene rings is 3. The van der Waals surface area contributed by atoms with Crippen LogP contribution in [0, 0.1) is 0 Å². The van der Waals surface area contributed by atoms with E-state index in [1.54, 1.807) is 35.5 Å². The van der Waals surface area contributed by atoms with Crippen LogP contribution in [0.1, 0.15) is 61.2 Å². The molecular weight excluding hydrogens is 519 g/mol.